The first-order valence-corrected chi connectivity index (χ1v) is 26.3. The van der Waals surface area contributed by atoms with Gasteiger partial charge in [-0.3, -0.25) is 4.79 Å². The summed E-state index contributed by atoms with van der Waals surface area (Å²) in [5, 5.41) is 118. The number of rotatable bonds is 26. The topological polar surface area (TPSA) is 301 Å². The average Bonchev–Trinajstić information content (AvgIpc) is 3.72. The summed E-state index contributed by atoms with van der Waals surface area (Å²) in [4.78, 5) is 18.3. The number of hydrogen-bond acceptors (Lipinski definition) is 18. The predicted molar refractivity (Wildman–Crippen MR) is 261 cm³/mol. The van der Waals surface area contributed by atoms with Gasteiger partial charge in [-0.25, -0.2) is 0 Å². The van der Waals surface area contributed by atoms with E-state index in [1.54, 1.807) is 17.7 Å². The summed E-state index contributed by atoms with van der Waals surface area (Å²) in [5.74, 6) is 1.15. The molecule has 0 aromatic rings. The van der Waals surface area contributed by atoms with E-state index in [2.05, 4.69) is 51.7 Å². The van der Waals surface area contributed by atoms with Crippen molar-refractivity contribution in [1.29, 1.82) is 0 Å². The molecule has 1 heterocycles. The fourth-order valence-corrected chi connectivity index (χ4v) is 11.9. The van der Waals surface area contributed by atoms with Crippen LogP contribution in [0.25, 0.3) is 0 Å². The van der Waals surface area contributed by atoms with Crippen LogP contribution in [0, 0.1) is 35.0 Å². The van der Waals surface area contributed by atoms with Gasteiger partial charge < -0.3 is 85.3 Å². The predicted octanol–water partition coefficient (Wildman–Crippen LogP) is 0.761. The summed E-state index contributed by atoms with van der Waals surface area (Å²) < 4.78 is 22.8. The van der Waals surface area contributed by atoms with Crippen molar-refractivity contribution in [1.82, 2.24) is 10.4 Å². The van der Waals surface area contributed by atoms with E-state index < -0.39 is 111 Å². The number of nitrogens with zero attached hydrogens (tertiary/aromatic N) is 1. The number of nitrogens with one attached hydrogen (secondary N) is 1. The molecule has 12 N–H and O–H groups in total. The molecule has 0 aromatic heterocycles. The van der Waals surface area contributed by atoms with Crippen LogP contribution >= 0.6 is 0 Å². The molecule has 5 rings (SSSR count). The molecule has 1 aliphatic heterocycles. The van der Waals surface area contributed by atoms with Crippen LogP contribution in [0.3, 0.4) is 0 Å². The number of fused-ring (bicyclic) bond motifs is 1. The second-order valence-electron chi connectivity index (χ2n) is 21.8. The van der Waals surface area contributed by atoms with Crippen molar-refractivity contribution >= 4 is 5.91 Å². The SMILES string of the molecule is C=C1CC[C@@H](OCCN(CCCNC(=O)[C@H](O)[C@@H](O)[C@H](O)[C@H](O)CO[C@H]2O[C@H](CO[C@H]3C[C@H](CO)[C@@H](O)[C@H](O)[C@H]3O)[C@@H](O)[C@H](O)[C@H]2O)OC)C/C1=C\C=C1/CCC[C@]2(C)[C@@H]1CC[C@H]2[C@@H](C)CCCC(C)C. The summed E-state index contributed by atoms with van der Waals surface area (Å²) in [6.07, 6.45) is -4.53. The van der Waals surface area contributed by atoms with Crippen molar-refractivity contribution in [2.24, 2.45) is 35.0 Å². The molecule has 4 aliphatic carbocycles. The third-order valence-electron chi connectivity index (χ3n) is 16.4. The van der Waals surface area contributed by atoms with Crippen LogP contribution in [0.2, 0.25) is 0 Å². The van der Waals surface area contributed by atoms with Crippen molar-refractivity contribution in [2.45, 2.75) is 197 Å². The Balaban J connectivity index is 0.992. The Kier molecular flexibility index (Phi) is 23.8. The maximum absolute atomic E-state index is 12.7. The quantitative estimate of drug-likeness (QED) is 0.0421. The Morgan fingerprint density at radius 3 is 2.31 bits per heavy atom. The van der Waals surface area contributed by atoms with Crippen molar-refractivity contribution in [2.75, 3.05) is 53.2 Å². The number of hydroxylamine groups is 2. The van der Waals surface area contributed by atoms with Gasteiger partial charge in [-0.2, -0.15) is 5.06 Å². The second-order valence-corrected chi connectivity index (χ2v) is 21.8. The van der Waals surface area contributed by atoms with Crippen molar-refractivity contribution < 1.29 is 84.8 Å². The highest BCUT2D eigenvalue weighted by Gasteiger charge is 2.51. The standard InChI is InChI=1S/C52H90N2O17/c1-29(2)10-7-11-31(4)36-17-18-37-32(12-8-19-52(36,37)5)14-15-33-24-35(16-13-30(33)3)68-23-22-54(67-6)21-9-20-53-50(66)48(64)46(62)42(58)38(56)27-70-51-49(65)47(63)44(60)40(71-51)28-69-39-25-34(26-55)41(57)45(61)43(39)59/h14-15,29,31,34-49,51,55-65H,3,7-13,16-28H2,1-2,4-6H3,(H,53,66)/b32-14+,33-15+/t31-,34+,35+,36-,37+,38+,39-,40+,41+,42+,43-,44+,45-,46-,47-,48+,49+,51-,52-/m0/s1. The second kappa shape index (κ2) is 28.2. The molecule has 0 bridgehead atoms. The van der Waals surface area contributed by atoms with E-state index in [4.69, 9.17) is 23.8 Å². The highest BCUT2D eigenvalue weighted by molar-refractivity contribution is 5.81. The fourth-order valence-electron chi connectivity index (χ4n) is 11.9. The van der Waals surface area contributed by atoms with Gasteiger partial charge in [-0.15, -0.1) is 0 Å². The molecular formula is C52H90N2O17. The molecule has 19 atom stereocenters. The Labute approximate surface area is 420 Å². The van der Waals surface area contributed by atoms with Crippen molar-refractivity contribution in [3.8, 4) is 0 Å². The summed E-state index contributed by atoms with van der Waals surface area (Å²) in [7, 11) is 1.54. The number of ether oxygens (including phenoxy) is 4. The maximum Gasteiger partial charge on any atom is 0.251 e. The highest BCUT2D eigenvalue weighted by Crippen LogP contribution is 2.60. The van der Waals surface area contributed by atoms with Gasteiger partial charge >= 0.3 is 0 Å². The monoisotopic (exact) mass is 1010 g/mol. The number of amides is 1. The van der Waals surface area contributed by atoms with E-state index >= 15 is 0 Å². The number of carbonyl (C=O) groups is 1. The molecule has 0 spiro atoms. The van der Waals surface area contributed by atoms with Crippen LogP contribution in [0.1, 0.15) is 111 Å². The lowest BCUT2D eigenvalue weighted by Crippen LogP contribution is -2.61. The van der Waals surface area contributed by atoms with Crippen LogP contribution < -0.4 is 5.32 Å². The Hall–Kier alpha value is -1.99. The Morgan fingerprint density at radius 2 is 1.61 bits per heavy atom. The number of allylic oxidation sites excluding steroid dienone is 4. The minimum Gasteiger partial charge on any atom is -0.396 e. The number of carbonyl (C=O) groups excluding carboxylic acids is 1. The smallest absolute Gasteiger partial charge is 0.251 e. The van der Waals surface area contributed by atoms with Gasteiger partial charge in [0.25, 0.3) is 5.91 Å². The van der Waals surface area contributed by atoms with Crippen LogP contribution in [0.5, 0.6) is 0 Å². The molecule has 0 unspecified atom stereocenters. The molecule has 0 aromatic carbocycles. The minimum atomic E-state index is -2.17. The summed E-state index contributed by atoms with van der Waals surface area (Å²) in [6.45, 7) is 13.6. The van der Waals surface area contributed by atoms with Crippen molar-refractivity contribution in [3.05, 3.63) is 35.5 Å². The first kappa shape index (κ1) is 59.9. The minimum absolute atomic E-state index is 0.0576. The first-order valence-electron chi connectivity index (χ1n) is 26.3. The lowest BCUT2D eigenvalue weighted by Gasteiger charge is -2.44. The van der Waals surface area contributed by atoms with Gasteiger partial charge in [-0.05, 0) is 98.9 Å². The summed E-state index contributed by atoms with van der Waals surface area (Å²) in [5.41, 5.74) is 4.43. The van der Waals surface area contributed by atoms with E-state index in [1.165, 1.54) is 62.5 Å². The zero-order chi connectivity index (χ0) is 52.2. The van der Waals surface area contributed by atoms with E-state index in [0.29, 0.717) is 37.5 Å². The fraction of sp³-hybridized carbons (Fsp3) is 0.865. The molecule has 19 nitrogen and oxygen atoms in total. The lowest BCUT2D eigenvalue weighted by atomic mass is 9.60. The molecular weight excluding hydrogens is 925 g/mol. The number of aliphatic hydroxyl groups excluding tert-OH is 11. The van der Waals surface area contributed by atoms with Crippen LogP contribution in [0.15, 0.2) is 35.5 Å². The van der Waals surface area contributed by atoms with Crippen LogP contribution in [-0.4, -0.2) is 206 Å². The van der Waals surface area contributed by atoms with Gasteiger partial charge in [0.05, 0.1) is 45.2 Å². The molecule has 19 heteroatoms. The summed E-state index contributed by atoms with van der Waals surface area (Å²) >= 11 is 0. The van der Waals surface area contributed by atoms with E-state index in [0.717, 1.165) is 37.0 Å². The zero-order valence-corrected chi connectivity index (χ0v) is 42.8. The van der Waals surface area contributed by atoms with E-state index in [1.807, 2.05) is 0 Å². The van der Waals surface area contributed by atoms with Gasteiger partial charge in [0.2, 0.25) is 0 Å². The van der Waals surface area contributed by atoms with Gasteiger partial charge in [0.1, 0.15) is 54.9 Å². The normalized spacial score (nSPS) is 37.0. The van der Waals surface area contributed by atoms with Gasteiger partial charge in [0, 0.05) is 32.2 Å². The van der Waals surface area contributed by atoms with E-state index in [9.17, 15) is 61.0 Å². The van der Waals surface area contributed by atoms with Gasteiger partial charge in [0.15, 0.2) is 12.4 Å². The molecule has 4 saturated carbocycles. The average molecular weight is 1020 g/mol. The highest BCUT2D eigenvalue weighted by atomic mass is 16.7. The van der Waals surface area contributed by atoms with Gasteiger partial charge in [-0.1, -0.05) is 76.8 Å². The molecule has 5 aliphatic rings. The third kappa shape index (κ3) is 15.8. The number of hydrogen-bond donors (Lipinski definition) is 12. The molecule has 0 radical (unpaired) electrons. The third-order valence-corrected chi connectivity index (χ3v) is 16.4. The Bertz CT molecular complexity index is 1700. The zero-order valence-electron chi connectivity index (χ0n) is 42.8. The molecule has 5 fully saturated rings. The summed E-state index contributed by atoms with van der Waals surface area (Å²) in [6, 6.07) is 0. The largest absolute Gasteiger partial charge is 0.396 e. The maximum atomic E-state index is 12.7. The van der Waals surface area contributed by atoms with E-state index in [-0.39, 0.29) is 19.1 Å². The lowest BCUT2D eigenvalue weighted by molar-refractivity contribution is -0.312. The molecule has 71 heavy (non-hydrogen) atoms. The van der Waals surface area contributed by atoms with Crippen molar-refractivity contribution in [3.63, 3.8) is 0 Å². The Morgan fingerprint density at radius 1 is 0.873 bits per heavy atom. The van der Waals surface area contributed by atoms with Crippen LogP contribution in [-0.2, 0) is 28.6 Å². The molecule has 410 valence electrons. The van der Waals surface area contributed by atoms with Crippen LogP contribution in [0.4, 0.5) is 0 Å². The molecule has 1 saturated heterocycles. The molecule has 1 amide bonds. The first-order chi connectivity index (χ1) is 33.7. The number of aliphatic hydroxyl groups is 11.